The maximum absolute atomic E-state index is 6.01. The van der Waals surface area contributed by atoms with Crippen molar-refractivity contribution in [1.82, 2.24) is 0 Å². The number of nitrogens with zero attached hydrogens (tertiary/aromatic N) is 3. The zero-order valence-corrected chi connectivity index (χ0v) is 32.1. The molecule has 0 radical (unpaired) electrons. The lowest BCUT2D eigenvalue weighted by Crippen LogP contribution is -2.49. The predicted molar refractivity (Wildman–Crippen MR) is 205 cm³/mol. The van der Waals surface area contributed by atoms with Crippen LogP contribution in [-0.4, -0.2) is 109 Å². The lowest BCUT2D eigenvalue weighted by molar-refractivity contribution is -0.937. The molecule has 0 aliphatic heterocycles. The van der Waals surface area contributed by atoms with E-state index in [4.69, 9.17) is 9.47 Å². The lowest BCUT2D eigenvalue weighted by atomic mass is 10.1. The Kier molecular flexibility index (Phi) is 19.4. The first-order valence-electron chi connectivity index (χ1n) is 19.0. The third kappa shape index (κ3) is 21.3. The molecule has 0 heterocycles. The minimum atomic E-state index is 0.801. The minimum absolute atomic E-state index is 0.801. The van der Waals surface area contributed by atoms with Crippen molar-refractivity contribution in [3.05, 3.63) is 59.7 Å². The van der Waals surface area contributed by atoms with Crippen LogP contribution in [0.4, 0.5) is 0 Å². The highest BCUT2D eigenvalue weighted by molar-refractivity contribution is 5.70. The fraction of sp³-hybridized carbons (Fsp3) is 0.667. The molecule has 0 saturated carbocycles. The van der Waals surface area contributed by atoms with Gasteiger partial charge >= 0.3 is 0 Å². The number of benzene rings is 2. The topological polar surface area (TPSA) is 18.5 Å². The first-order valence-corrected chi connectivity index (χ1v) is 19.0. The van der Waals surface area contributed by atoms with Gasteiger partial charge in [0.1, 0.15) is 24.6 Å². The van der Waals surface area contributed by atoms with Crippen molar-refractivity contribution in [2.24, 2.45) is 0 Å². The lowest BCUT2D eigenvalue weighted by Gasteiger charge is -2.33. The highest BCUT2D eigenvalue weighted by Gasteiger charge is 2.19. The monoisotopic (exact) mass is 653 g/mol. The minimum Gasteiger partial charge on any atom is -0.494 e. The van der Waals surface area contributed by atoms with Gasteiger partial charge in [0.05, 0.1) is 82.2 Å². The molecule has 2 aromatic carbocycles. The van der Waals surface area contributed by atoms with Crippen LogP contribution in [0.25, 0.3) is 12.2 Å². The van der Waals surface area contributed by atoms with Gasteiger partial charge in [0, 0.05) is 0 Å². The van der Waals surface area contributed by atoms with E-state index in [2.05, 4.69) is 117 Å². The molecule has 0 saturated heterocycles. The number of hydrogen-bond acceptors (Lipinski definition) is 2. The summed E-state index contributed by atoms with van der Waals surface area (Å²) >= 11 is 0. The Morgan fingerprint density at radius 1 is 0.426 bits per heavy atom. The van der Waals surface area contributed by atoms with Crippen LogP contribution in [0.5, 0.6) is 11.5 Å². The van der Waals surface area contributed by atoms with Crippen LogP contribution >= 0.6 is 0 Å². The van der Waals surface area contributed by atoms with Gasteiger partial charge in [0.15, 0.2) is 0 Å². The molecule has 0 bridgehead atoms. The van der Waals surface area contributed by atoms with E-state index in [-0.39, 0.29) is 0 Å². The predicted octanol–water partition coefficient (Wildman–Crippen LogP) is 9.56. The summed E-state index contributed by atoms with van der Waals surface area (Å²) in [5, 5.41) is 0. The SMILES string of the molecule is CCC[N+](C)(C)CCCCCCCCOc1ccc(/C=C/c2ccc(OCCCCCCCC[N+](C)(C)CC[N+](C)(C)C)cc2)cc1. The number of rotatable bonds is 27. The maximum atomic E-state index is 6.01. The summed E-state index contributed by atoms with van der Waals surface area (Å²) in [6, 6.07) is 16.9. The van der Waals surface area contributed by atoms with E-state index < -0.39 is 0 Å². The molecule has 2 aromatic rings. The van der Waals surface area contributed by atoms with Crippen molar-refractivity contribution in [1.29, 1.82) is 0 Å². The molecule has 0 unspecified atom stereocenters. The van der Waals surface area contributed by atoms with Crippen LogP contribution in [0.3, 0.4) is 0 Å². The fourth-order valence-electron chi connectivity index (χ4n) is 6.02. The Labute approximate surface area is 291 Å². The fourth-order valence-corrected chi connectivity index (χ4v) is 6.02. The van der Waals surface area contributed by atoms with Crippen LogP contribution in [-0.2, 0) is 0 Å². The normalized spacial score (nSPS) is 12.6. The van der Waals surface area contributed by atoms with Gasteiger partial charge in [-0.3, -0.25) is 0 Å². The molecule has 0 atom stereocenters. The van der Waals surface area contributed by atoms with Crippen LogP contribution < -0.4 is 9.47 Å². The summed E-state index contributed by atoms with van der Waals surface area (Å²) in [4.78, 5) is 0. The summed E-state index contributed by atoms with van der Waals surface area (Å²) in [6.07, 6.45) is 21.1. The molecule has 5 nitrogen and oxygen atoms in total. The summed E-state index contributed by atoms with van der Waals surface area (Å²) in [5.41, 5.74) is 2.36. The Bertz CT molecular complexity index is 1080. The van der Waals surface area contributed by atoms with Gasteiger partial charge in [-0.2, -0.15) is 0 Å². The Balaban J connectivity index is 1.51. The maximum Gasteiger partial charge on any atom is 0.128 e. The summed E-state index contributed by atoms with van der Waals surface area (Å²) in [7, 11) is 16.3. The van der Waals surface area contributed by atoms with Gasteiger partial charge in [-0.05, 0) is 80.3 Å². The highest BCUT2D eigenvalue weighted by Crippen LogP contribution is 2.18. The van der Waals surface area contributed by atoms with Gasteiger partial charge in [0.2, 0.25) is 0 Å². The van der Waals surface area contributed by atoms with Crippen LogP contribution in [0.1, 0.15) is 102 Å². The number of quaternary nitrogens is 3. The van der Waals surface area contributed by atoms with E-state index in [0.717, 1.165) is 46.5 Å². The molecule has 266 valence electrons. The molecule has 0 fully saturated rings. The molecule has 0 amide bonds. The van der Waals surface area contributed by atoms with E-state index in [1.807, 2.05) is 0 Å². The first-order chi connectivity index (χ1) is 22.4. The zero-order valence-electron chi connectivity index (χ0n) is 32.1. The number of unbranched alkanes of at least 4 members (excludes halogenated alkanes) is 10. The van der Waals surface area contributed by atoms with Gasteiger partial charge in [0.25, 0.3) is 0 Å². The average molecular weight is 653 g/mol. The molecule has 2 rings (SSSR count). The smallest absolute Gasteiger partial charge is 0.128 e. The Morgan fingerprint density at radius 3 is 1.17 bits per heavy atom. The van der Waals surface area contributed by atoms with Gasteiger partial charge in [-0.1, -0.05) is 81.9 Å². The quantitative estimate of drug-likeness (QED) is 0.0544. The summed E-state index contributed by atoms with van der Waals surface area (Å²) in [5.74, 6) is 1.92. The number of hydrogen-bond donors (Lipinski definition) is 0. The standard InChI is InChI=1S/C42H74N3O2/c1-9-32-44(5,6)33-18-14-10-12-16-20-37-46-41-28-24-39(25-29-41)22-23-40-26-30-42(31-27-40)47-38-21-17-13-11-15-19-34-45(7,8)36-35-43(2,3)4/h22-31H,9-21,32-38H2,1-8H3/q+3/b23-22+. The van der Waals surface area contributed by atoms with Crippen LogP contribution in [0, 0.1) is 0 Å². The molecule has 0 N–H and O–H groups in total. The van der Waals surface area contributed by atoms with Crippen molar-refractivity contribution >= 4 is 12.2 Å². The summed E-state index contributed by atoms with van der Waals surface area (Å²) < 4.78 is 15.4. The highest BCUT2D eigenvalue weighted by atomic mass is 16.5. The van der Waals surface area contributed by atoms with E-state index in [0.29, 0.717) is 0 Å². The molecule has 0 aromatic heterocycles. The zero-order chi connectivity index (χ0) is 34.4. The first kappa shape index (κ1) is 40.8. The second-order valence-corrected chi connectivity index (χ2v) is 16.2. The van der Waals surface area contributed by atoms with Gasteiger partial charge in [-0.25, -0.2) is 0 Å². The van der Waals surface area contributed by atoms with Gasteiger partial charge in [-0.15, -0.1) is 0 Å². The largest absolute Gasteiger partial charge is 0.494 e. The molecule has 47 heavy (non-hydrogen) atoms. The Morgan fingerprint density at radius 2 is 0.787 bits per heavy atom. The summed E-state index contributed by atoms with van der Waals surface area (Å²) in [6.45, 7) is 10.3. The second-order valence-electron chi connectivity index (χ2n) is 16.2. The van der Waals surface area contributed by atoms with Crippen molar-refractivity contribution in [2.45, 2.75) is 90.4 Å². The molecule has 0 spiro atoms. The average Bonchev–Trinajstić information content (AvgIpc) is 3.02. The molecule has 5 heteroatoms. The molecule has 0 aliphatic rings. The third-order valence-electron chi connectivity index (χ3n) is 9.29. The third-order valence-corrected chi connectivity index (χ3v) is 9.29. The van der Waals surface area contributed by atoms with E-state index in [1.54, 1.807) is 0 Å². The van der Waals surface area contributed by atoms with E-state index in [1.165, 1.54) is 119 Å². The number of likely N-dealkylation sites (N-methyl/N-ethyl adjacent to an activating group) is 2. The van der Waals surface area contributed by atoms with Crippen molar-refractivity contribution < 1.29 is 22.9 Å². The van der Waals surface area contributed by atoms with Crippen molar-refractivity contribution in [2.75, 3.05) is 95.3 Å². The van der Waals surface area contributed by atoms with Crippen LogP contribution in [0.2, 0.25) is 0 Å². The second kappa shape index (κ2) is 22.3. The van der Waals surface area contributed by atoms with E-state index >= 15 is 0 Å². The van der Waals surface area contributed by atoms with Crippen LogP contribution in [0.15, 0.2) is 48.5 Å². The van der Waals surface area contributed by atoms with Crippen molar-refractivity contribution in [3.8, 4) is 11.5 Å². The molecular weight excluding hydrogens is 578 g/mol. The molecular formula is C42H74N3O2+3. The van der Waals surface area contributed by atoms with Crippen molar-refractivity contribution in [3.63, 3.8) is 0 Å². The van der Waals surface area contributed by atoms with E-state index in [9.17, 15) is 0 Å². The Hall–Kier alpha value is -2.34. The molecule has 0 aliphatic carbocycles. The van der Waals surface area contributed by atoms with Gasteiger partial charge < -0.3 is 22.9 Å². The number of ether oxygens (including phenoxy) is 2.